The van der Waals surface area contributed by atoms with Crippen LogP contribution >= 0.6 is 0 Å². The van der Waals surface area contributed by atoms with Gasteiger partial charge in [-0.25, -0.2) is 4.39 Å². The zero-order valence-electron chi connectivity index (χ0n) is 17.9. The molecule has 0 bridgehead atoms. The van der Waals surface area contributed by atoms with Crippen LogP contribution in [0, 0.1) is 22.6 Å². The summed E-state index contributed by atoms with van der Waals surface area (Å²) in [5.41, 5.74) is -4.53. The smallest absolute Gasteiger partial charge is 0.416 e. The van der Waals surface area contributed by atoms with Gasteiger partial charge >= 0.3 is 18.3 Å². The average molecular weight is 480 g/mol. The second-order valence-electron chi connectivity index (χ2n) is 8.11. The predicted octanol–water partition coefficient (Wildman–Crippen LogP) is 6.30. The van der Waals surface area contributed by atoms with Gasteiger partial charge in [-0.15, -0.1) is 0 Å². The summed E-state index contributed by atoms with van der Waals surface area (Å²) < 4.78 is 93.8. The van der Waals surface area contributed by atoms with Gasteiger partial charge < -0.3 is 10.4 Å². The normalized spacial score (nSPS) is 23.8. The molecular formula is C22H23F7N2O2. The molecule has 0 amide bonds. The Morgan fingerprint density at radius 2 is 1.88 bits per heavy atom. The van der Waals surface area contributed by atoms with E-state index in [1.165, 1.54) is 6.92 Å². The molecule has 1 aliphatic heterocycles. The second-order valence-corrected chi connectivity index (χ2v) is 8.11. The number of aliphatic carboxylic acids is 1. The summed E-state index contributed by atoms with van der Waals surface area (Å²) in [5.74, 6) is -4.58. The van der Waals surface area contributed by atoms with Crippen molar-refractivity contribution in [2.24, 2.45) is 5.41 Å². The maximum Gasteiger partial charge on any atom is 0.416 e. The minimum Gasteiger partial charge on any atom is -0.481 e. The lowest BCUT2D eigenvalue weighted by Crippen LogP contribution is -2.57. The summed E-state index contributed by atoms with van der Waals surface area (Å²) in [7, 11) is 0. The fourth-order valence-electron chi connectivity index (χ4n) is 4.65. The first-order valence-electron chi connectivity index (χ1n) is 10.2. The van der Waals surface area contributed by atoms with Gasteiger partial charge in [0.2, 0.25) is 0 Å². The number of allylic oxidation sites excluding steroid dienone is 2. The highest BCUT2D eigenvalue weighted by Crippen LogP contribution is 2.54. The number of rotatable bonds is 7. The van der Waals surface area contributed by atoms with E-state index in [0.717, 1.165) is 6.07 Å². The first-order valence-corrected chi connectivity index (χ1v) is 10.2. The molecule has 4 nitrogen and oxygen atoms in total. The van der Waals surface area contributed by atoms with Gasteiger partial charge in [0, 0.05) is 24.1 Å². The largest absolute Gasteiger partial charge is 0.481 e. The van der Waals surface area contributed by atoms with Crippen LogP contribution in [0.5, 0.6) is 0 Å². The van der Waals surface area contributed by atoms with Gasteiger partial charge in [-0.1, -0.05) is 19.4 Å². The summed E-state index contributed by atoms with van der Waals surface area (Å²) >= 11 is 0. The molecule has 0 spiro atoms. The Morgan fingerprint density at radius 1 is 1.24 bits per heavy atom. The van der Waals surface area contributed by atoms with E-state index in [1.807, 2.05) is 0 Å². The number of hydrogen-bond donors (Lipinski definition) is 2. The van der Waals surface area contributed by atoms with E-state index < -0.39 is 71.9 Å². The van der Waals surface area contributed by atoms with Crippen LogP contribution in [0.3, 0.4) is 0 Å². The highest BCUT2D eigenvalue weighted by atomic mass is 19.4. The molecular weight excluding hydrogens is 457 g/mol. The fourth-order valence-corrected chi connectivity index (χ4v) is 4.65. The molecule has 1 heterocycles. The van der Waals surface area contributed by atoms with E-state index in [9.17, 15) is 45.9 Å². The molecule has 0 saturated heterocycles. The Bertz CT molecular complexity index is 963. The van der Waals surface area contributed by atoms with Crippen molar-refractivity contribution in [1.29, 1.82) is 5.26 Å². The van der Waals surface area contributed by atoms with Crippen LogP contribution in [0.2, 0.25) is 0 Å². The Labute approximate surface area is 186 Å². The average Bonchev–Trinajstić information content (AvgIpc) is 2.67. The van der Waals surface area contributed by atoms with Crippen molar-refractivity contribution in [2.75, 3.05) is 0 Å². The summed E-state index contributed by atoms with van der Waals surface area (Å²) in [6.45, 7) is 3.09. The Balaban J connectivity index is 2.86. The number of carboxylic acids is 1. The SMILES string of the molecule is CCCC1NC(C)=C(C#N)C(c2ccc(F)cc2C(F)(F)F)C1(CCCC(F)(F)F)C(=O)O. The summed E-state index contributed by atoms with van der Waals surface area (Å²) in [6, 6.07) is 2.38. The standard InChI is InChI=1S/C22H23F7N2O2/c1-3-5-17-20(19(32)33,8-4-9-21(24,25)26)18(15(11-30)12(2)31-17)14-7-6-13(23)10-16(14)22(27,28)29/h6-7,10,17-18,31H,3-5,8-9H2,1-2H3,(H,32,33). The van der Waals surface area contributed by atoms with Crippen LogP contribution in [0.1, 0.15) is 63.0 Å². The zero-order valence-corrected chi connectivity index (χ0v) is 17.9. The number of alkyl halides is 6. The summed E-state index contributed by atoms with van der Waals surface area (Å²) in [4.78, 5) is 12.7. The number of carboxylic acid groups (broad SMARTS) is 1. The van der Waals surface area contributed by atoms with Crippen LogP contribution in [-0.4, -0.2) is 23.3 Å². The van der Waals surface area contributed by atoms with E-state index in [4.69, 9.17) is 0 Å². The van der Waals surface area contributed by atoms with Crippen LogP contribution in [0.25, 0.3) is 0 Å². The summed E-state index contributed by atoms with van der Waals surface area (Å²) in [5, 5.41) is 22.9. The quantitative estimate of drug-likeness (QED) is 0.449. The third-order valence-corrected chi connectivity index (χ3v) is 6.00. The first kappa shape index (κ1) is 26.5. The number of carbonyl (C=O) groups is 1. The van der Waals surface area contributed by atoms with Gasteiger partial charge in [-0.3, -0.25) is 4.79 Å². The van der Waals surface area contributed by atoms with E-state index in [-0.39, 0.29) is 23.8 Å². The topological polar surface area (TPSA) is 73.1 Å². The lowest BCUT2D eigenvalue weighted by Gasteiger charge is -2.48. The van der Waals surface area contributed by atoms with E-state index in [0.29, 0.717) is 12.5 Å². The highest BCUT2D eigenvalue weighted by molar-refractivity contribution is 5.80. The van der Waals surface area contributed by atoms with E-state index in [2.05, 4.69) is 5.32 Å². The van der Waals surface area contributed by atoms with Crippen molar-refractivity contribution in [1.82, 2.24) is 5.32 Å². The van der Waals surface area contributed by atoms with Gasteiger partial charge in [-0.2, -0.15) is 31.6 Å². The molecule has 1 aromatic rings. The molecule has 33 heavy (non-hydrogen) atoms. The minimum absolute atomic E-state index is 0.118. The van der Waals surface area contributed by atoms with Gasteiger partial charge in [0.05, 0.1) is 22.6 Å². The van der Waals surface area contributed by atoms with Crippen molar-refractivity contribution in [3.63, 3.8) is 0 Å². The van der Waals surface area contributed by atoms with Gasteiger partial charge in [0.1, 0.15) is 5.82 Å². The molecule has 2 N–H and O–H groups in total. The van der Waals surface area contributed by atoms with Gasteiger partial charge in [0.25, 0.3) is 0 Å². The van der Waals surface area contributed by atoms with Crippen molar-refractivity contribution in [3.8, 4) is 6.07 Å². The maximum absolute atomic E-state index is 13.8. The van der Waals surface area contributed by atoms with Crippen molar-refractivity contribution in [3.05, 3.63) is 46.4 Å². The molecule has 0 aromatic heterocycles. The number of benzene rings is 1. The van der Waals surface area contributed by atoms with Crippen molar-refractivity contribution in [2.45, 2.75) is 70.3 Å². The lowest BCUT2D eigenvalue weighted by atomic mass is 9.58. The molecule has 1 aromatic carbocycles. The highest BCUT2D eigenvalue weighted by Gasteiger charge is 2.57. The minimum atomic E-state index is -5.09. The molecule has 1 aliphatic rings. The molecule has 2 rings (SSSR count). The van der Waals surface area contributed by atoms with E-state index in [1.54, 1.807) is 13.0 Å². The summed E-state index contributed by atoms with van der Waals surface area (Å²) in [6.07, 6.45) is -11.8. The Hall–Kier alpha value is -2.77. The van der Waals surface area contributed by atoms with E-state index >= 15 is 0 Å². The molecule has 0 fully saturated rings. The third kappa shape index (κ3) is 5.42. The van der Waals surface area contributed by atoms with Crippen LogP contribution in [0.4, 0.5) is 30.7 Å². The number of nitriles is 1. The number of nitrogens with one attached hydrogen (secondary N) is 1. The monoisotopic (exact) mass is 480 g/mol. The van der Waals surface area contributed by atoms with Gasteiger partial charge in [-0.05, 0) is 43.9 Å². The second kappa shape index (κ2) is 9.61. The van der Waals surface area contributed by atoms with Crippen LogP contribution < -0.4 is 5.32 Å². The number of nitrogens with zero attached hydrogens (tertiary/aromatic N) is 1. The van der Waals surface area contributed by atoms with Crippen LogP contribution in [0.15, 0.2) is 29.5 Å². The van der Waals surface area contributed by atoms with Gasteiger partial charge in [0.15, 0.2) is 0 Å². The predicted molar refractivity (Wildman–Crippen MR) is 104 cm³/mol. The molecule has 182 valence electrons. The van der Waals surface area contributed by atoms with Crippen molar-refractivity contribution < 1.29 is 40.6 Å². The molecule has 3 atom stereocenters. The molecule has 11 heteroatoms. The molecule has 0 radical (unpaired) electrons. The van der Waals surface area contributed by atoms with Crippen LogP contribution in [-0.2, 0) is 11.0 Å². The maximum atomic E-state index is 13.8. The first-order chi connectivity index (χ1) is 15.2. The molecule has 0 aliphatic carbocycles. The molecule has 0 saturated carbocycles. The lowest BCUT2D eigenvalue weighted by molar-refractivity contribution is -0.157. The number of hydrogen-bond acceptors (Lipinski definition) is 3. The molecule has 3 unspecified atom stereocenters. The fraction of sp³-hybridized carbons (Fsp3) is 0.545. The Kier molecular flexibility index (Phi) is 7.71. The number of halogens is 7. The third-order valence-electron chi connectivity index (χ3n) is 6.00. The zero-order chi connectivity index (χ0) is 25.2. The van der Waals surface area contributed by atoms with Crippen molar-refractivity contribution >= 4 is 5.97 Å². The Morgan fingerprint density at radius 3 is 2.36 bits per heavy atom.